The lowest BCUT2D eigenvalue weighted by Gasteiger charge is -2.26. The topological polar surface area (TPSA) is 104 Å². The second kappa shape index (κ2) is 8.51. The van der Waals surface area contributed by atoms with E-state index in [9.17, 15) is 9.59 Å². The van der Waals surface area contributed by atoms with Crippen LogP contribution in [0.2, 0.25) is 0 Å². The molecule has 0 unspecified atom stereocenters. The number of nitrogens with one attached hydrogen (secondary N) is 1. The number of carbonyl (C=O) groups excluding carboxylic acids is 1. The zero-order chi connectivity index (χ0) is 21.1. The molecule has 2 aromatic heterocycles. The van der Waals surface area contributed by atoms with Crippen LogP contribution in [0.4, 0.5) is 5.69 Å². The zero-order valence-corrected chi connectivity index (χ0v) is 16.9. The van der Waals surface area contributed by atoms with E-state index < -0.39 is 5.91 Å². The normalized spacial score (nSPS) is 14.5. The van der Waals surface area contributed by atoms with Crippen molar-refractivity contribution < 1.29 is 9.21 Å². The van der Waals surface area contributed by atoms with Gasteiger partial charge in [0.15, 0.2) is 0 Å². The van der Waals surface area contributed by atoms with Gasteiger partial charge in [-0.2, -0.15) is 5.26 Å². The maximum atomic E-state index is 13.1. The fourth-order valence-corrected chi connectivity index (χ4v) is 3.82. The largest absolute Gasteiger partial charge is 0.442 e. The number of carbonyl (C=O) groups is 1. The van der Waals surface area contributed by atoms with Crippen molar-refractivity contribution in [2.24, 2.45) is 0 Å². The molecule has 1 aliphatic heterocycles. The summed E-state index contributed by atoms with van der Waals surface area (Å²) < 4.78 is 7.13. The van der Waals surface area contributed by atoms with Gasteiger partial charge in [0.1, 0.15) is 17.5 Å². The van der Waals surface area contributed by atoms with Crippen LogP contribution in [-0.4, -0.2) is 40.0 Å². The Balaban J connectivity index is 1.60. The van der Waals surface area contributed by atoms with Gasteiger partial charge in [0, 0.05) is 18.8 Å². The predicted molar refractivity (Wildman–Crippen MR) is 112 cm³/mol. The molecule has 3 heterocycles. The number of amides is 1. The number of hydrogen-bond acceptors (Lipinski definition) is 6. The molecule has 0 atom stereocenters. The van der Waals surface area contributed by atoms with Crippen molar-refractivity contribution in [2.45, 2.75) is 32.7 Å². The van der Waals surface area contributed by atoms with E-state index in [4.69, 9.17) is 9.68 Å². The molecule has 1 saturated heterocycles. The van der Waals surface area contributed by atoms with Gasteiger partial charge in [0.05, 0.1) is 17.2 Å². The number of anilines is 1. The Kier molecular flexibility index (Phi) is 5.63. The van der Waals surface area contributed by atoms with E-state index in [1.54, 1.807) is 35.8 Å². The van der Waals surface area contributed by atoms with E-state index in [2.05, 4.69) is 15.2 Å². The minimum absolute atomic E-state index is 0.164. The van der Waals surface area contributed by atoms with Gasteiger partial charge in [-0.25, -0.2) is 4.98 Å². The van der Waals surface area contributed by atoms with Crippen LogP contribution in [0.1, 0.15) is 40.9 Å². The number of nitriles is 1. The lowest BCUT2D eigenvalue weighted by molar-refractivity contribution is 0.102. The first kappa shape index (κ1) is 19.9. The maximum absolute atomic E-state index is 13.1. The number of hydrogen-bond donors (Lipinski definition) is 1. The first-order chi connectivity index (χ1) is 14.6. The number of aromatic nitrogens is 2. The maximum Gasteiger partial charge on any atom is 0.265 e. The van der Waals surface area contributed by atoms with Gasteiger partial charge in [-0.15, -0.1) is 0 Å². The molecule has 1 N–H and O–H groups in total. The monoisotopic (exact) mass is 405 g/mol. The number of likely N-dealkylation sites (tertiary alicyclic amines) is 1. The molecular formula is C22H23N5O3. The number of rotatable bonds is 5. The van der Waals surface area contributed by atoms with Crippen LogP contribution in [0.3, 0.4) is 0 Å². The average Bonchev–Trinajstić information content (AvgIpc) is 3.11. The van der Waals surface area contributed by atoms with Crippen LogP contribution >= 0.6 is 0 Å². The summed E-state index contributed by atoms with van der Waals surface area (Å²) in [4.78, 5) is 32.6. The molecule has 1 amide bonds. The molecule has 30 heavy (non-hydrogen) atoms. The first-order valence-corrected chi connectivity index (χ1v) is 10.1. The number of aryl methyl sites for hydroxylation is 1. The van der Waals surface area contributed by atoms with Gasteiger partial charge in [0.25, 0.3) is 11.5 Å². The summed E-state index contributed by atoms with van der Waals surface area (Å²) >= 11 is 0. The Morgan fingerprint density at radius 1 is 1.20 bits per heavy atom. The fourth-order valence-electron chi connectivity index (χ4n) is 3.82. The average molecular weight is 405 g/mol. The third-order valence-electron chi connectivity index (χ3n) is 5.46. The van der Waals surface area contributed by atoms with E-state index in [1.165, 1.54) is 25.6 Å². The molecule has 154 valence electrons. The standard InChI is InChI=1S/C22H23N5O3/c1-15-18(20(28)25-17-7-5-16(13-23)6-8-17)19-21(30-15)24-14-27(22(19)29)12-11-26-9-3-2-4-10-26/h5-8,14H,2-4,9-12H2,1H3,(H,25,28). The Morgan fingerprint density at radius 2 is 1.93 bits per heavy atom. The molecule has 1 aromatic carbocycles. The Hall–Kier alpha value is -3.44. The first-order valence-electron chi connectivity index (χ1n) is 10.1. The highest BCUT2D eigenvalue weighted by Gasteiger charge is 2.23. The summed E-state index contributed by atoms with van der Waals surface area (Å²) in [5.74, 6) is -0.0989. The van der Waals surface area contributed by atoms with Gasteiger partial charge in [-0.05, 0) is 57.1 Å². The molecule has 1 aliphatic rings. The third-order valence-corrected chi connectivity index (χ3v) is 5.46. The van der Waals surface area contributed by atoms with Crippen LogP contribution in [0, 0.1) is 18.3 Å². The smallest absolute Gasteiger partial charge is 0.265 e. The number of fused-ring (bicyclic) bond motifs is 1. The Labute approximate surface area is 173 Å². The second-order valence-corrected chi connectivity index (χ2v) is 7.50. The van der Waals surface area contributed by atoms with Crippen LogP contribution in [0.15, 0.2) is 39.8 Å². The Morgan fingerprint density at radius 3 is 2.63 bits per heavy atom. The highest BCUT2D eigenvalue weighted by Crippen LogP contribution is 2.22. The van der Waals surface area contributed by atoms with Gasteiger partial charge >= 0.3 is 0 Å². The van der Waals surface area contributed by atoms with E-state index in [0.29, 0.717) is 23.6 Å². The van der Waals surface area contributed by atoms with Crippen LogP contribution in [-0.2, 0) is 6.54 Å². The van der Waals surface area contributed by atoms with Crippen molar-refractivity contribution in [3.8, 4) is 6.07 Å². The predicted octanol–water partition coefficient (Wildman–Crippen LogP) is 2.91. The van der Waals surface area contributed by atoms with Gasteiger partial charge < -0.3 is 14.6 Å². The quantitative estimate of drug-likeness (QED) is 0.700. The molecule has 0 saturated carbocycles. The third kappa shape index (κ3) is 3.98. The number of piperidine rings is 1. The molecule has 8 nitrogen and oxygen atoms in total. The molecule has 0 aliphatic carbocycles. The molecule has 3 aromatic rings. The molecule has 0 spiro atoms. The van der Waals surface area contributed by atoms with E-state index in [-0.39, 0.29) is 22.2 Å². The summed E-state index contributed by atoms with van der Waals surface area (Å²) in [6.45, 7) is 5.03. The summed E-state index contributed by atoms with van der Waals surface area (Å²) in [6, 6.07) is 8.55. The molecule has 8 heteroatoms. The van der Waals surface area contributed by atoms with Gasteiger partial charge in [-0.3, -0.25) is 14.2 Å². The minimum atomic E-state index is -0.441. The molecule has 4 rings (SSSR count). The fraction of sp³-hybridized carbons (Fsp3) is 0.364. The van der Waals surface area contributed by atoms with E-state index >= 15 is 0 Å². The van der Waals surface area contributed by atoms with Crippen molar-refractivity contribution in [3.63, 3.8) is 0 Å². The summed E-state index contributed by atoms with van der Waals surface area (Å²) in [6.07, 6.45) is 5.12. The van der Waals surface area contributed by atoms with E-state index in [1.807, 2.05) is 6.07 Å². The molecule has 1 fully saturated rings. The molecule has 0 bridgehead atoms. The highest BCUT2D eigenvalue weighted by atomic mass is 16.3. The van der Waals surface area contributed by atoms with Crippen LogP contribution in [0.5, 0.6) is 0 Å². The van der Waals surface area contributed by atoms with Crippen molar-refractivity contribution in [2.75, 3.05) is 25.0 Å². The van der Waals surface area contributed by atoms with Gasteiger partial charge in [0.2, 0.25) is 5.71 Å². The van der Waals surface area contributed by atoms with Gasteiger partial charge in [-0.1, -0.05) is 6.42 Å². The van der Waals surface area contributed by atoms with Crippen molar-refractivity contribution in [1.82, 2.24) is 14.5 Å². The summed E-state index contributed by atoms with van der Waals surface area (Å²) in [5, 5.41) is 11.9. The lowest BCUT2D eigenvalue weighted by Crippen LogP contribution is -2.34. The number of furan rings is 1. The number of nitrogens with zero attached hydrogens (tertiary/aromatic N) is 4. The minimum Gasteiger partial charge on any atom is -0.442 e. The summed E-state index contributed by atoms with van der Waals surface area (Å²) in [7, 11) is 0. The molecular weight excluding hydrogens is 382 g/mol. The van der Waals surface area contributed by atoms with E-state index in [0.717, 1.165) is 19.6 Å². The van der Waals surface area contributed by atoms with Crippen molar-refractivity contribution >= 4 is 22.7 Å². The summed E-state index contributed by atoms with van der Waals surface area (Å²) in [5.41, 5.74) is 1.11. The zero-order valence-electron chi connectivity index (χ0n) is 16.9. The Bertz CT molecular complexity index is 1160. The second-order valence-electron chi connectivity index (χ2n) is 7.50. The van der Waals surface area contributed by atoms with Crippen molar-refractivity contribution in [3.05, 3.63) is 57.8 Å². The van der Waals surface area contributed by atoms with Crippen LogP contribution in [0.25, 0.3) is 11.1 Å². The SMILES string of the molecule is Cc1oc2ncn(CCN3CCCCC3)c(=O)c2c1C(=O)Nc1ccc(C#N)cc1. The molecule has 0 radical (unpaired) electrons. The van der Waals surface area contributed by atoms with Crippen LogP contribution < -0.4 is 10.9 Å². The lowest BCUT2D eigenvalue weighted by atomic mass is 10.1. The van der Waals surface area contributed by atoms with Crippen molar-refractivity contribution in [1.29, 1.82) is 5.26 Å². The highest BCUT2D eigenvalue weighted by molar-refractivity contribution is 6.12. The number of benzene rings is 1.